The Hall–Kier alpha value is -2.14. The Morgan fingerprint density at radius 3 is 2.45 bits per heavy atom. The number of rotatable bonds is 6. The number of ether oxygens (including phenoxy) is 1. The van der Waals surface area contributed by atoms with Crippen molar-refractivity contribution in [2.75, 3.05) is 6.54 Å². The highest BCUT2D eigenvalue weighted by atomic mass is 16.5. The van der Waals surface area contributed by atoms with Gasteiger partial charge in [-0.1, -0.05) is 42.5 Å². The minimum absolute atomic E-state index is 0.225. The van der Waals surface area contributed by atoms with E-state index in [9.17, 15) is 14.7 Å². The van der Waals surface area contributed by atoms with Crippen LogP contribution in [0.25, 0.3) is 0 Å². The third-order valence-corrected chi connectivity index (χ3v) is 4.27. The van der Waals surface area contributed by atoms with Gasteiger partial charge in [0.15, 0.2) is 0 Å². The van der Waals surface area contributed by atoms with Crippen molar-refractivity contribution in [1.29, 1.82) is 0 Å². The van der Waals surface area contributed by atoms with Crippen LogP contribution in [-0.4, -0.2) is 35.7 Å². The van der Waals surface area contributed by atoms with E-state index in [0.29, 0.717) is 6.54 Å². The van der Waals surface area contributed by atoms with Gasteiger partial charge in [-0.05, 0) is 18.4 Å². The van der Waals surface area contributed by atoms with E-state index >= 15 is 0 Å². The molecule has 116 valence electrons. The molecule has 0 unspecified atom stereocenters. The second-order valence-corrected chi connectivity index (χ2v) is 5.72. The Kier molecular flexibility index (Phi) is 4.24. The molecular formula is C17H19NO4. The number of aryl methyl sites for hydroxylation is 1. The number of carboxylic acids is 1. The van der Waals surface area contributed by atoms with Gasteiger partial charge in [-0.25, -0.2) is 0 Å². The second-order valence-electron chi connectivity index (χ2n) is 5.72. The van der Waals surface area contributed by atoms with E-state index in [-0.39, 0.29) is 5.91 Å². The maximum Gasteiger partial charge on any atom is 0.310 e. The summed E-state index contributed by atoms with van der Waals surface area (Å²) in [5.74, 6) is -2.59. The third-order valence-electron chi connectivity index (χ3n) is 4.27. The van der Waals surface area contributed by atoms with Gasteiger partial charge < -0.3 is 15.2 Å². The average molecular weight is 301 g/mol. The summed E-state index contributed by atoms with van der Waals surface area (Å²) in [6.07, 6.45) is 4.37. The quantitative estimate of drug-likeness (QED) is 0.615. The molecule has 2 aliphatic rings. The van der Waals surface area contributed by atoms with E-state index in [1.165, 1.54) is 5.56 Å². The Balaban J connectivity index is 1.50. The molecule has 2 heterocycles. The van der Waals surface area contributed by atoms with E-state index in [1.807, 2.05) is 18.2 Å². The summed E-state index contributed by atoms with van der Waals surface area (Å²) in [6, 6.07) is 10.1. The van der Waals surface area contributed by atoms with Crippen LogP contribution in [0.2, 0.25) is 0 Å². The summed E-state index contributed by atoms with van der Waals surface area (Å²) < 4.78 is 5.50. The number of carboxylic acid groups (broad SMARTS) is 1. The Labute approximate surface area is 129 Å². The highest BCUT2D eigenvalue weighted by Crippen LogP contribution is 2.39. The molecule has 0 aromatic heterocycles. The molecule has 5 heteroatoms. The fourth-order valence-corrected chi connectivity index (χ4v) is 3.18. The van der Waals surface area contributed by atoms with Crippen LogP contribution in [-0.2, 0) is 20.7 Å². The Bertz CT molecular complexity index is 584. The lowest BCUT2D eigenvalue weighted by atomic mass is 9.82. The van der Waals surface area contributed by atoms with Crippen LogP contribution >= 0.6 is 0 Å². The molecule has 1 saturated heterocycles. The van der Waals surface area contributed by atoms with Crippen molar-refractivity contribution >= 4 is 11.9 Å². The first-order valence-corrected chi connectivity index (χ1v) is 7.55. The summed E-state index contributed by atoms with van der Waals surface area (Å²) in [6.45, 7) is 0.539. The summed E-state index contributed by atoms with van der Waals surface area (Å²) >= 11 is 0. The fourth-order valence-electron chi connectivity index (χ4n) is 3.18. The Morgan fingerprint density at radius 1 is 1.09 bits per heavy atom. The normalized spacial score (nSPS) is 28.7. The van der Waals surface area contributed by atoms with Crippen LogP contribution in [0.3, 0.4) is 0 Å². The van der Waals surface area contributed by atoms with Gasteiger partial charge in [-0.3, -0.25) is 9.59 Å². The highest BCUT2D eigenvalue weighted by Gasteiger charge is 2.53. The van der Waals surface area contributed by atoms with Crippen molar-refractivity contribution in [2.24, 2.45) is 11.8 Å². The topological polar surface area (TPSA) is 75.6 Å². The molecule has 3 rings (SSSR count). The molecule has 5 nitrogen and oxygen atoms in total. The molecule has 22 heavy (non-hydrogen) atoms. The van der Waals surface area contributed by atoms with E-state index in [1.54, 1.807) is 12.2 Å². The number of hydrogen-bond donors (Lipinski definition) is 2. The lowest BCUT2D eigenvalue weighted by Crippen LogP contribution is -2.42. The van der Waals surface area contributed by atoms with Gasteiger partial charge in [-0.2, -0.15) is 0 Å². The number of carbonyl (C=O) groups is 2. The Morgan fingerprint density at radius 2 is 1.77 bits per heavy atom. The molecule has 2 aliphatic heterocycles. The first-order chi connectivity index (χ1) is 10.7. The van der Waals surface area contributed by atoms with E-state index in [0.717, 1.165) is 12.8 Å². The lowest BCUT2D eigenvalue weighted by molar-refractivity contribution is -0.146. The molecule has 0 aliphatic carbocycles. The van der Waals surface area contributed by atoms with Gasteiger partial charge in [0, 0.05) is 6.54 Å². The van der Waals surface area contributed by atoms with Crippen LogP contribution in [0.1, 0.15) is 12.0 Å². The molecule has 1 fully saturated rings. The molecule has 1 aromatic carbocycles. The van der Waals surface area contributed by atoms with E-state index in [4.69, 9.17) is 4.74 Å². The molecule has 2 N–H and O–H groups in total. The summed E-state index contributed by atoms with van der Waals surface area (Å²) in [7, 11) is 0. The summed E-state index contributed by atoms with van der Waals surface area (Å²) in [5.41, 5.74) is 1.23. The van der Waals surface area contributed by atoms with Crippen LogP contribution in [0.15, 0.2) is 42.5 Å². The summed E-state index contributed by atoms with van der Waals surface area (Å²) in [5, 5.41) is 12.1. The van der Waals surface area contributed by atoms with Gasteiger partial charge in [-0.15, -0.1) is 0 Å². The predicted octanol–water partition coefficient (Wildman–Crippen LogP) is 1.39. The van der Waals surface area contributed by atoms with Crippen LogP contribution in [0.5, 0.6) is 0 Å². The molecular weight excluding hydrogens is 282 g/mol. The van der Waals surface area contributed by atoms with Gasteiger partial charge in [0.05, 0.1) is 18.1 Å². The van der Waals surface area contributed by atoms with Gasteiger partial charge in [0.2, 0.25) is 5.91 Å². The number of amides is 1. The number of hydrogen-bond acceptors (Lipinski definition) is 3. The number of carbonyl (C=O) groups excluding carboxylic acids is 1. The van der Waals surface area contributed by atoms with Crippen LogP contribution < -0.4 is 5.32 Å². The molecule has 1 aromatic rings. The molecule has 0 radical (unpaired) electrons. The van der Waals surface area contributed by atoms with Gasteiger partial charge in [0.25, 0.3) is 0 Å². The van der Waals surface area contributed by atoms with Crippen LogP contribution in [0, 0.1) is 11.8 Å². The van der Waals surface area contributed by atoms with Gasteiger partial charge in [0.1, 0.15) is 5.92 Å². The number of nitrogens with one attached hydrogen (secondary N) is 1. The number of benzene rings is 1. The van der Waals surface area contributed by atoms with Crippen LogP contribution in [0.4, 0.5) is 0 Å². The second kappa shape index (κ2) is 6.32. The molecule has 0 spiro atoms. The maximum absolute atomic E-state index is 12.3. The highest BCUT2D eigenvalue weighted by molar-refractivity contribution is 5.87. The van der Waals surface area contributed by atoms with Crippen molar-refractivity contribution in [3.63, 3.8) is 0 Å². The van der Waals surface area contributed by atoms with Crippen molar-refractivity contribution in [3.8, 4) is 0 Å². The number of fused-ring (bicyclic) bond motifs is 2. The molecule has 2 bridgehead atoms. The minimum atomic E-state index is -0.971. The largest absolute Gasteiger partial charge is 0.481 e. The van der Waals surface area contributed by atoms with Crippen molar-refractivity contribution in [3.05, 3.63) is 48.0 Å². The maximum atomic E-state index is 12.3. The van der Waals surface area contributed by atoms with Crippen molar-refractivity contribution < 1.29 is 19.4 Å². The zero-order valence-corrected chi connectivity index (χ0v) is 12.1. The monoisotopic (exact) mass is 301 g/mol. The summed E-state index contributed by atoms with van der Waals surface area (Å²) in [4.78, 5) is 23.6. The van der Waals surface area contributed by atoms with Crippen molar-refractivity contribution in [1.82, 2.24) is 5.32 Å². The lowest BCUT2D eigenvalue weighted by Gasteiger charge is -2.20. The molecule has 4 atom stereocenters. The minimum Gasteiger partial charge on any atom is -0.481 e. The smallest absolute Gasteiger partial charge is 0.310 e. The fraction of sp³-hybridized carbons (Fsp3) is 0.412. The molecule has 1 amide bonds. The number of aliphatic carboxylic acids is 1. The predicted molar refractivity (Wildman–Crippen MR) is 80.2 cm³/mol. The van der Waals surface area contributed by atoms with Crippen molar-refractivity contribution in [2.45, 2.75) is 25.0 Å². The van der Waals surface area contributed by atoms with E-state index in [2.05, 4.69) is 17.4 Å². The van der Waals surface area contributed by atoms with E-state index < -0.39 is 30.0 Å². The first-order valence-electron chi connectivity index (χ1n) is 7.55. The van der Waals surface area contributed by atoms with Gasteiger partial charge >= 0.3 is 5.97 Å². The first kappa shape index (κ1) is 14.8. The zero-order chi connectivity index (χ0) is 15.5. The average Bonchev–Trinajstić information content (AvgIpc) is 3.13. The standard InChI is InChI=1S/C17H19NO4/c19-16(18-10-4-7-11-5-2-1-3-6-11)14-12-8-9-13(22-12)15(14)17(20)21/h1-3,5-6,8-9,12-15H,4,7,10H2,(H,18,19)(H,20,21)/t12-,13+,14+,15-/m1/s1. The third kappa shape index (κ3) is 2.90. The SMILES string of the molecule is O=C(NCCCc1ccccc1)[C@@H]1[C@H](C(=O)O)[C@@H]2C=C[C@H]1O2. The molecule has 0 saturated carbocycles. The zero-order valence-electron chi connectivity index (χ0n) is 12.1.